The van der Waals surface area contributed by atoms with Crippen LogP contribution in [0.1, 0.15) is 84.3 Å². The van der Waals surface area contributed by atoms with Gasteiger partial charge in [0.1, 0.15) is 6.79 Å². The van der Waals surface area contributed by atoms with Gasteiger partial charge in [0, 0.05) is 7.11 Å². The largest absolute Gasteiger partial charge is 0.493 e. The molecular formula is C37H52O5Si. The summed E-state index contributed by atoms with van der Waals surface area (Å²) in [6.45, 7) is 8.88. The molecule has 1 aliphatic rings. The predicted molar refractivity (Wildman–Crippen MR) is 178 cm³/mol. The van der Waals surface area contributed by atoms with Crippen LogP contribution in [0.3, 0.4) is 0 Å². The van der Waals surface area contributed by atoms with Crippen molar-refractivity contribution < 1.29 is 23.7 Å². The SMILES string of the molecule is COCOC(c1ccc(OC)c(OC(C)C)c1)C1CCC(CCCC(C)(C)[Si](O)(c2ccccc2)c2ccccc2)CC1. The third-order valence-corrected chi connectivity index (χ3v) is 13.9. The van der Waals surface area contributed by atoms with Crippen LogP contribution in [0.25, 0.3) is 0 Å². The average molecular weight is 605 g/mol. The van der Waals surface area contributed by atoms with E-state index in [0.29, 0.717) is 11.8 Å². The highest BCUT2D eigenvalue weighted by molar-refractivity contribution is 6.98. The molecule has 0 saturated heterocycles. The summed E-state index contributed by atoms with van der Waals surface area (Å²) in [6, 6.07) is 26.9. The lowest BCUT2D eigenvalue weighted by Crippen LogP contribution is -2.65. The number of ether oxygens (including phenoxy) is 4. The van der Waals surface area contributed by atoms with Gasteiger partial charge in [-0.25, -0.2) is 0 Å². The molecule has 1 saturated carbocycles. The summed E-state index contributed by atoms with van der Waals surface area (Å²) in [4.78, 5) is 12.5. The van der Waals surface area contributed by atoms with E-state index in [9.17, 15) is 4.80 Å². The molecule has 0 aliphatic heterocycles. The maximum atomic E-state index is 12.5. The molecule has 3 aromatic carbocycles. The number of benzene rings is 3. The van der Waals surface area contributed by atoms with Crippen molar-refractivity contribution >= 4 is 18.7 Å². The zero-order chi connectivity index (χ0) is 30.9. The van der Waals surface area contributed by atoms with Crippen molar-refractivity contribution in [3.05, 3.63) is 84.4 Å². The van der Waals surface area contributed by atoms with E-state index in [1.807, 2.05) is 32.0 Å². The van der Waals surface area contributed by atoms with E-state index in [2.05, 4.69) is 74.5 Å². The maximum absolute atomic E-state index is 12.5. The topological polar surface area (TPSA) is 57.2 Å². The minimum absolute atomic E-state index is 0.0435. The molecule has 1 N–H and O–H groups in total. The summed E-state index contributed by atoms with van der Waals surface area (Å²) in [5.74, 6) is 2.63. The molecule has 0 bridgehead atoms. The highest BCUT2D eigenvalue weighted by atomic mass is 28.4. The molecule has 1 atom stereocenters. The molecule has 6 heteroatoms. The van der Waals surface area contributed by atoms with E-state index in [4.69, 9.17) is 18.9 Å². The highest BCUT2D eigenvalue weighted by Gasteiger charge is 2.49. The molecule has 0 spiro atoms. The van der Waals surface area contributed by atoms with Crippen molar-refractivity contribution in [2.45, 2.75) is 89.9 Å². The molecule has 0 heterocycles. The first kappa shape index (κ1) is 33.3. The van der Waals surface area contributed by atoms with E-state index < -0.39 is 8.32 Å². The quantitative estimate of drug-likeness (QED) is 0.143. The molecule has 3 aromatic rings. The summed E-state index contributed by atoms with van der Waals surface area (Å²) < 4.78 is 23.2. The van der Waals surface area contributed by atoms with E-state index in [-0.39, 0.29) is 24.0 Å². The van der Waals surface area contributed by atoms with Crippen molar-refractivity contribution in [2.24, 2.45) is 11.8 Å². The zero-order valence-corrected chi connectivity index (χ0v) is 28.1. The van der Waals surface area contributed by atoms with Crippen LogP contribution < -0.4 is 19.8 Å². The summed E-state index contributed by atoms with van der Waals surface area (Å²) in [5, 5.41) is 1.99. The summed E-state index contributed by atoms with van der Waals surface area (Å²) in [7, 11) is 0.391. The number of methoxy groups -OCH3 is 2. The van der Waals surface area contributed by atoms with Gasteiger partial charge < -0.3 is 23.7 Å². The van der Waals surface area contributed by atoms with Crippen LogP contribution in [-0.4, -0.2) is 40.2 Å². The Kier molecular flexibility index (Phi) is 11.9. The van der Waals surface area contributed by atoms with Gasteiger partial charge in [-0.2, -0.15) is 0 Å². The normalized spacial score (nSPS) is 18.4. The Morgan fingerprint density at radius 3 is 1.98 bits per heavy atom. The molecule has 1 aliphatic carbocycles. The smallest absolute Gasteiger partial charge is 0.258 e. The van der Waals surface area contributed by atoms with Gasteiger partial charge in [-0.1, -0.05) is 106 Å². The molecule has 0 amide bonds. The average Bonchev–Trinajstić information content (AvgIpc) is 3.02. The van der Waals surface area contributed by atoms with Crippen LogP contribution in [0.4, 0.5) is 0 Å². The first-order chi connectivity index (χ1) is 20.7. The Hall–Kier alpha value is -2.64. The van der Waals surface area contributed by atoms with Gasteiger partial charge in [0.25, 0.3) is 8.32 Å². The number of hydrogen-bond donors (Lipinski definition) is 1. The molecule has 234 valence electrons. The fourth-order valence-corrected chi connectivity index (χ4v) is 10.7. The Morgan fingerprint density at radius 2 is 1.44 bits per heavy atom. The fraction of sp³-hybridized carbons (Fsp3) is 0.514. The van der Waals surface area contributed by atoms with Gasteiger partial charge in [-0.3, -0.25) is 0 Å². The Bertz CT molecular complexity index is 1200. The van der Waals surface area contributed by atoms with Gasteiger partial charge in [-0.05, 0) is 78.1 Å². The van der Waals surface area contributed by atoms with Crippen molar-refractivity contribution in [1.29, 1.82) is 0 Å². The maximum Gasteiger partial charge on any atom is 0.258 e. The second kappa shape index (κ2) is 15.4. The van der Waals surface area contributed by atoms with Gasteiger partial charge >= 0.3 is 0 Å². The first-order valence-electron chi connectivity index (χ1n) is 16.0. The van der Waals surface area contributed by atoms with Gasteiger partial charge in [0.2, 0.25) is 0 Å². The van der Waals surface area contributed by atoms with E-state index in [1.165, 1.54) is 19.3 Å². The lowest BCUT2D eigenvalue weighted by atomic mass is 9.76. The van der Waals surface area contributed by atoms with Crippen molar-refractivity contribution in [1.82, 2.24) is 0 Å². The van der Waals surface area contributed by atoms with E-state index in [1.54, 1.807) is 14.2 Å². The van der Waals surface area contributed by atoms with Crippen LogP contribution in [0, 0.1) is 11.8 Å². The van der Waals surface area contributed by atoms with Crippen LogP contribution in [0.5, 0.6) is 11.5 Å². The molecule has 1 fully saturated rings. The van der Waals surface area contributed by atoms with Crippen molar-refractivity contribution in [3.8, 4) is 11.5 Å². The van der Waals surface area contributed by atoms with Crippen LogP contribution in [-0.2, 0) is 9.47 Å². The first-order valence-corrected chi connectivity index (χ1v) is 17.9. The lowest BCUT2D eigenvalue weighted by molar-refractivity contribution is -0.100. The predicted octanol–water partition coefficient (Wildman–Crippen LogP) is 7.65. The second-order valence-electron chi connectivity index (χ2n) is 13.1. The molecule has 5 nitrogen and oxygen atoms in total. The monoisotopic (exact) mass is 604 g/mol. The molecule has 0 aromatic heterocycles. The fourth-order valence-electron chi connectivity index (χ4n) is 6.96. The van der Waals surface area contributed by atoms with Gasteiger partial charge in [-0.15, -0.1) is 0 Å². The summed E-state index contributed by atoms with van der Waals surface area (Å²) in [6.07, 6.45) is 7.98. The van der Waals surface area contributed by atoms with Crippen LogP contribution in [0.2, 0.25) is 5.04 Å². The molecule has 1 unspecified atom stereocenters. The Labute approximate surface area is 260 Å². The van der Waals surface area contributed by atoms with E-state index >= 15 is 0 Å². The zero-order valence-electron chi connectivity index (χ0n) is 27.1. The highest BCUT2D eigenvalue weighted by Crippen LogP contribution is 2.44. The molecule has 0 radical (unpaired) electrons. The standard InChI is InChI=1S/C37H52O5Si/c1-28(2)42-35-26-31(23-24-34(35)40-6)36(41-27-39-5)30-21-19-29(20-22-30)14-13-25-37(3,4)43(38,32-15-9-7-10-16-32)33-17-11-8-12-18-33/h7-12,15-18,23-24,26,28-30,36,38H,13-14,19-22,25,27H2,1-6H3. The lowest BCUT2D eigenvalue weighted by Gasteiger charge is -2.42. The second-order valence-corrected chi connectivity index (χ2v) is 17.0. The minimum atomic E-state index is -2.96. The Balaban J connectivity index is 1.39. The van der Waals surface area contributed by atoms with Gasteiger partial charge in [0.05, 0.1) is 19.3 Å². The molecule has 4 rings (SSSR count). The third kappa shape index (κ3) is 8.10. The van der Waals surface area contributed by atoms with Crippen molar-refractivity contribution in [2.75, 3.05) is 21.0 Å². The summed E-state index contributed by atoms with van der Waals surface area (Å²) >= 11 is 0. The number of rotatable bonds is 15. The minimum Gasteiger partial charge on any atom is -0.493 e. The Morgan fingerprint density at radius 1 is 0.837 bits per heavy atom. The van der Waals surface area contributed by atoms with E-state index in [0.717, 1.165) is 53.1 Å². The van der Waals surface area contributed by atoms with Crippen molar-refractivity contribution in [3.63, 3.8) is 0 Å². The van der Waals surface area contributed by atoms with Crippen LogP contribution >= 0.6 is 0 Å². The molecular weight excluding hydrogens is 552 g/mol. The summed E-state index contributed by atoms with van der Waals surface area (Å²) in [5.41, 5.74) is 1.12. The van der Waals surface area contributed by atoms with Crippen LogP contribution in [0.15, 0.2) is 78.9 Å². The molecule has 43 heavy (non-hydrogen) atoms. The third-order valence-electron chi connectivity index (χ3n) is 9.34. The van der Waals surface area contributed by atoms with Gasteiger partial charge in [0.15, 0.2) is 11.5 Å². The number of hydrogen-bond acceptors (Lipinski definition) is 5.